The lowest BCUT2D eigenvalue weighted by atomic mass is 10.1. The predicted molar refractivity (Wildman–Crippen MR) is 95.1 cm³/mol. The van der Waals surface area contributed by atoms with Gasteiger partial charge in [0.25, 0.3) is 11.6 Å². The van der Waals surface area contributed by atoms with Gasteiger partial charge in [0.15, 0.2) is 11.5 Å². The summed E-state index contributed by atoms with van der Waals surface area (Å²) in [7, 11) is 4.56. The Labute approximate surface area is 150 Å². The molecule has 0 unspecified atom stereocenters. The van der Waals surface area contributed by atoms with Gasteiger partial charge in [0.1, 0.15) is 5.75 Å². The molecule has 1 N–H and O–H groups in total. The normalized spacial score (nSPS) is 10.2. The second kappa shape index (κ2) is 8.19. The van der Waals surface area contributed by atoms with Gasteiger partial charge >= 0.3 is 0 Å². The van der Waals surface area contributed by atoms with Crippen LogP contribution >= 0.6 is 0 Å². The maximum absolute atomic E-state index is 12.4. The van der Waals surface area contributed by atoms with Gasteiger partial charge in [0.05, 0.1) is 26.3 Å². The van der Waals surface area contributed by atoms with Crippen LogP contribution in [0.3, 0.4) is 0 Å². The Bertz CT molecular complexity index is 835. The van der Waals surface area contributed by atoms with E-state index < -0.39 is 4.92 Å². The van der Waals surface area contributed by atoms with E-state index in [-0.39, 0.29) is 18.1 Å². The number of carbonyl (C=O) groups excluding carboxylic acids is 1. The number of nitrogens with one attached hydrogen (secondary N) is 1. The van der Waals surface area contributed by atoms with Crippen molar-refractivity contribution in [2.75, 3.05) is 21.3 Å². The van der Waals surface area contributed by atoms with E-state index in [9.17, 15) is 14.9 Å². The minimum absolute atomic E-state index is 0.0249. The third kappa shape index (κ3) is 4.02. The van der Waals surface area contributed by atoms with Gasteiger partial charge in [-0.25, -0.2) is 0 Å². The van der Waals surface area contributed by atoms with E-state index in [1.165, 1.54) is 39.5 Å². The van der Waals surface area contributed by atoms with Gasteiger partial charge in [-0.1, -0.05) is 0 Å². The van der Waals surface area contributed by atoms with E-state index in [0.717, 1.165) is 0 Å². The summed E-state index contributed by atoms with van der Waals surface area (Å²) in [4.78, 5) is 22.7. The van der Waals surface area contributed by atoms with Crippen LogP contribution < -0.4 is 19.5 Å². The van der Waals surface area contributed by atoms with Crippen molar-refractivity contribution >= 4 is 11.6 Å². The molecule has 0 aromatic heterocycles. The van der Waals surface area contributed by atoms with Crippen LogP contribution in [-0.2, 0) is 6.54 Å². The first-order valence-corrected chi connectivity index (χ1v) is 7.73. The van der Waals surface area contributed by atoms with Gasteiger partial charge < -0.3 is 19.5 Å². The molecule has 0 aliphatic heterocycles. The second-order valence-electron chi connectivity index (χ2n) is 5.46. The number of methoxy groups -OCH3 is 3. The maximum Gasteiger partial charge on any atom is 0.272 e. The topological polar surface area (TPSA) is 99.9 Å². The highest BCUT2D eigenvalue weighted by Crippen LogP contribution is 2.34. The zero-order chi connectivity index (χ0) is 19.3. The predicted octanol–water partition coefficient (Wildman–Crippen LogP) is 2.86. The van der Waals surface area contributed by atoms with Crippen LogP contribution in [0.2, 0.25) is 0 Å². The average molecular weight is 360 g/mol. The van der Waals surface area contributed by atoms with E-state index in [1.54, 1.807) is 19.1 Å². The highest BCUT2D eigenvalue weighted by atomic mass is 16.6. The van der Waals surface area contributed by atoms with Crippen LogP contribution in [0, 0.1) is 17.0 Å². The fraction of sp³-hybridized carbons (Fsp3) is 0.278. The lowest BCUT2D eigenvalue weighted by molar-refractivity contribution is -0.385. The van der Waals surface area contributed by atoms with Gasteiger partial charge in [0.2, 0.25) is 0 Å². The van der Waals surface area contributed by atoms with E-state index in [0.29, 0.717) is 33.9 Å². The van der Waals surface area contributed by atoms with Gasteiger partial charge in [-0.2, -0.15) is 0 Å². The van der Waals surface area contributed by atoms with Gasteiger partial charge in [-0.3, -0.25) is 14.9 Å². The Kier molecular flexibility index (Phi) is 6.00. The van der Waals surface area contributed by atoms with Crippen molar-refractivity contribution in [1.82, 2.24) is 5.32 Å². The number of hydrogen-bond donors (Lipinski definition) is 1. The Balaban J connectivity index is 2.19. The van der Waals surface area contributed by atoms with Crippen LogP contribution in [0.25, 0.3) is 0 Å². The number of amides is 1. The fourth-order valence-electron chi connectivity index (χ4n) is 2.51. The Morgan fingerprint density at radius 2 is 1.65 bits per heavy atom. The summed E-state index contributed by atoms with van der Waals surface area (Å²) < 4.78 is 15.8. The van der Waals surface area contributed by atoms with E-state index in [1.807, 2.05) is 0 Å². The third-order valence-corrected chi connectivity index (χ3v) is 3.88. The van der Waals surface area contributed by atoms with Crippen LogP contribution in [0.5, 0.6) is 17.2 Å². The number of nitro groups is 1. The number of nitro benzene ring substituents is 1. The molecule has 2 aromatic rings. The summed E-state index contributed by atoms with van der Waals surface area (Å²) in [5, 5.41) is 13.6. The fourth-order valence-corrected chi connectivity index (χ4v) is 2.51. The number of aryl methyl sites for hydroxylation is 1. The van der Waals surface area contributed by atoms with E-state index in [2.05, 4.69) is 5.32 Å². The molecule has 0 saturated heterocycles. The Hall–Kier alpha value is -3.29. The molecule has 8 heteroatoms. The van der Waals surface area contributed by atoms with Gasteiger partial charge in [-0.05, 0) is 25.1 Å². The lowest BCUT2D eigenvalue weighted by Crippen LogP contribution is -2.23. The Morgan fingerprint density at radius 1 is 1.04 bits per heavy atom. The summed E-state index contributed by atoms with van der Waals surface area (Å²) in [6.07, 6.45) is 0. The van der Waals surface area contributed by atoms with Crippen molar-refractivity contribution in [3.8, 4) is 17.2 Å². The van der Waals surface area contributed by atoms with Crippen LogP contribution in [0.15, 0.2) is 30.3 Å². The van der Waals surface area contributed by atoms with Crippen LogP contribution in [0.4, 0.5) is 5.69 Å². The first kappa shape index (κ1) is 19.0. The minimum Gasteiger partial charge on any atom is -0.496 e. The number of carbonyl (C=O) groups is 1. The molecular weight excluding hydrogens is 340 g/mol. The quantitative estimate of drug-likeness (QED) is 0.602. The smallest absolute Gasteiger partial charge is 0.272 e. The number of hydrogen-bond acceptors (Lipinski definition) is 6. The first-order valence-electron chi connectivity index (χ1n) is 7.73. The van der Waals surface area contributed by atoms with Crippen LogP contribution in [0.1, 0.15) is 21.5 Å². The SMILES string of the molecule is COc1cc(OC)c(OC)cc1CNC(=O)c1ccc([N+](=O)[O-])c(C)c1. The summed E-state index contributed by atoms with van der Waals surface area (Å²) in [6.45, 7) is 1.78. The maximum atomic E-state index is 12.4. The molecule has 0 spiro atoms. The van der Waals surface area contributed by atoms with E-state index >= 15 is 0 Å². The van der Waals surface area contributed by atoms with Crippen molar-refractivity contribution in [3.05, 3.63) is 57.1 Å². The lowest BCUT2D eigenvalue weighted by Gasteiger charge is -2.14. The summed E-state index contributed by atoms with van der Waals surface area (Å²) in [6, 6.07) is 7.63. The molecule has 138 valence electrons. The summed E-state index contributed by atoms with van der Waals surface area (Å²) in [5.74, 6) is 1.23. The van der Waals surface area contributed by atoms with Crippen molar-refractivity contribution in [2.45, 2.75) is 13.5 Å². The molecule has 2 rings (SSSR count). The largest absolute Gasteiger partial charge is 0.496 e. The number of rotatable bonds is 7. The first-order chi connectivity index (χ1) is 12.4. The van der Waals surface area contributed by atoms with Crippen molar-refractivity contribution in [3.63, 3.8) is 0 Å². The third-order valence-electron chi connectivity index (χ3n) is 3.88. The standard InChI is InChI=1S/C18H20N2O6/c1-11-7-12(5-6-14(11)20(22)23)18(21)19-10-13-8-16(25-3)17(26-4)9-15(13)24-2/h5-9H,10H2,1-4H3,(H,19,21). The highest BCUT2D eigenvalue weighted by Gasteiger charge is 2.16. The number of benzene rings is 2. The molecule has 0 atom stereocenters. The second-order valence-corrected chi connectivity index (χ2v) is 5.46. The molecule has 0 heterocycles. The molecule has 1 amide bonds. The average Bonchev–Trinajstić information content (AvgIpc) is 2.64. The highest BCUT2D eigenvalue weighted by molar-refractivity contribution is 5.94. The number of nitrogens with zero attached hydrogens (tertiary/aromatic N) is 1. The molecule has 0 radical (unpaired) electrons. The molecule has 8 nitrogen and oxygen atoms in total. The monoisotopic (exact) mass is 360 g/mol. The minimum atomic E-state index is -0.481. The molecule has 26 heavy (non-hydrogen) atoms. The van der Waals surface area contributed by atoms with Crippen molar-refractivity contribution in [2.24, 2.45) is 0 Å². The molecular formula is C18H20N2O6. The van der Waals surface area contributed by atoms with E-state index in [4.69, 9.17) is 14.2 Å². The summed E-state index contributed by atoms with van der Waals surface area (Å²) in [5.41, 5.74) is 1.44. The summed E-state index contributed by atoms with van der Waals surface area (Å²) >= 11 is 0. The zero-order valence-electron chi connectivity index (χ0n) is 15.0. The van der Waals surface area contributed by atoms with Gasteiger partial charge in [-0.15, -0.1) is 0 Å². The molecule has 0 aliphatic carbocycles. The molecule has 0 saturated carbocycles. The van der Waals surface area contributed by atoms with Crippen molar-refractivity contribution < 1.29 is 23.9 Å². The molecule has 0 fully saturated rings. The molecule has 2 aromatic carbocycles. The number of ether oxygens (including phenoxy) is 3. The van der Waals surface area contributed by atoms with Gasteiger partial charge in [0, 0.05) is 35.4 Å². The van der Waals surface area contributed by atoms with Crippen molar-refractivity contribution in [1.29, 1.82) is 0 Å². The Morgan fingerprint density at radius 3 is 2.19 bits per heavy atom. The van der Waals surface area contributed by atoms with Crippen LogP contribution in [-0.4, -0.2) is 32.2 Å². The molecule has 0 aliphatic rings. The zero-order valence-corrected chi connectivity index (χ0v) is 15.0. The molecule has 0 bridgehead atoms.